The van der Waals surface area contributed by atoms with E-state index >= 15 is 0 Å². The van der Waals surface area contributed by atoms with E-state index in [1.54, 1.807) is 0 Å². The lowest BCUT2D eigenvalue weighted by atomic mass is 9.79. The first-order valence-electron chi connectivity index (χ1n) is 17.3. The summed E-state index contributed by atoms with van der Waals surface area (Å²) >= 11 is 0. The number of hydrogen-bond donors (Lipinski definition) is 0. The Kier molecular flexibility index (Phi) is 9.33. The normalized spacial score (nSPS) is 26.9. The summed E-state index contributed by atoms with van der Waals surface area (Å²) in [5.74, 6) is 0.778. The van der Waals surface area contributed by atoms with Gasteiger partial charge in [0.1, 0.15) is 0 Å². The lowest BCUT2D eigenvalue weighted by Gasteiger charge is -2.27. The van der Waals surface area contributed by atoms with E-state index in [0.717, 1.165) is 69.2 Å². The first-order valence-corrected chi connectivity index (χ1v) is 17.3. The fourth-order valence-electron chi connectivity index (χ4n) is 7.52. The minimum Gasteiger partial charge on any atom is -0.261 e. The summed E-state index contributed by atoms with van der Waals surface area (Å²) in [6.45, 7) is 2.30. The van der Waals surface area contributed by atoms with E-state index in [-0.39, 0.29) is 0 Å². The van der Waals surface area contributed by atoms with Gasteiger partial charge in [-0.3, -0.25) is 4.99 Å². The van der Waals surface area contributed by atoms with Crippen LogP contribution in [0.3, 0.4) is 0 Å². The van der Waals surface area contributed by atoms with Crippen LogP contribution in [-0.2, 0) is 0 Å². The van der Waals surface area contributed by atoms with Crippen molar-refractivity contribution in [2.24, 2.45) is 15.9 Å². The van der Waals surface area contributed by atoms with Crippen LogP contribution >= 0.6 is 0 Å². The summed E-state index contributed by atoms with van der Waals surface area (Å²) in [5.41, 5.74) is 14.3. The maximum atomic E-state index is 5.44. The summed E-state index contributed by atoms with van der Waals surface area (Å²) in [7, 11) is 0. The van der Waals surface area contributed by atoms with Crippen molar-refractivity contribution in [1.29, 1.82) is 0 Å². The van der Waals surface area contributed by atoms with Crippen LogP contribution in [0.25, 0.3) is 11.4 Å². The van der Waals surface area contributed by atoms with Crippen LogP contribution in [0.2, 0.25) is 0 Å². The maximum Gasteiger partial charge on any atom is 0.0740 e. The fourth-order valence-corrected chi connectivity index (χ4v) is 7.52. The van der Waals surface area contributed by atoms with E-state index in [2.05, 4.69) is 135 Å². The zero-order valence-corrected chi connectivity index (χ0v) is 27.0. The molecule has 5 aliphatic rings. The van der Waals surface area contributed by atoms with Crippen LogP contribution in [0.4, 0.5) is 0 Å². The smallest absolute Gasteiger partial charge is 0.0740 e. The number of benzene rings is 2. The molecule has 0 fully saturated rings. The zero-order valence-electron chi connectivity index (χ0n) is 27.0. The highest BCUT2D eigenvalue weighted by atomic mass is 14.8. The molecule has 2 unspecified atom stereocenters. The molecule has 0 bridgehead atoms. The van der Waals surface area contributed by atoms with Gasteiger partial charge in [0, 0.05) is 23.6 Å². The molecule has 230 valence electrons. The van der Waals surface area contributed by atoms with Gasteiger partial charge in [-0.15, -0.1) is 0 Å². The van der Waals surface area contributed by atoms with Crippen molar-refractivity contribution in [1.82, 2.24) is 0 Å². The molecule has 0 aromatic heterocycles. The van der Waals surface area contributed by atoms with Crippen molar-refractivity contribution in [3.63, 3.8) is 0 Å². The molecular formula is C44H44N2. The molecule has 2 heterocycles. The van der Waals surface area contributed by atoms with Gasteiger partial charge >= 0.3 is 0 Å². The Morgan fingerprint density at radius 3 is 2.50 bits per heavy atom. The Morgan fingerprint density at radius 1 is 0.783 bits per heavy atom. The van der Waals surface area contributed by atoms with Crippen LogP contribution < -0.4 is 0 Å². The van der Waals surface area contributed by atoms with Gasteiger partial charge < -0.3 is 0 Å². The van der Waals surface area contributed by atoms with Gasteiger partial charge in [-0.1, -0.05) is 122 Å². The minimum absolute atomic E-state index is 0.328. The molecule has 2 aliphatic heterocycles. The van der Waals surface area contributed by atoms with Gasteiger partial charge in [-0.2, -0.15) is 0 Å². The van der Waals surface area contributed by atoms with Gasteiger partial charge in [0.15, 0.2) is 0 Å². The molecule has 2 aromatic carbocycles. The van der Waals surface area contributed by atoms with E-state index in [9.17, 15) is 0 Å². The third-order valence-corrected chi connectivity index (χ3v) is 9.86. The van der Waals surface area contributed by atoms with Crippen LogP contribution in [0, 0.1) is 5.92 Å². The van der Waals surface area contributed by atoms with Crippen LogP contribution in [-0.4, -0.2) is 11.9 Å². The molecule has 2 heteroatoms. The molecule has 2 nitrogen and oxygen atoms in total. The maximum absolute atomic E-state index is 5.44. The molecule has 0 saturated carbocycles. The van der Waals surface area contributed by atoms with Crippen molar-refractivity contribution in [2.75, 3.05) is 0 Å². The van der Waals surface area contributed by atoms with Crippen molar-refractivity contribution in [3.8, 4) is 0 Å². The third kappa shape index (κ3) is 6.53. The second-order valence-corrected chi connectivity index (χ2v) is 12.8. The Labute approximate surface area is 275 Å². The topological polar surface area (TPSA) is 24.7 Å². The molecule has 7 rings (SSSR count). The molecule has 0 radical (unpaired) electrons. The zero-order chi connectivity index (χ0) is 31.1. The highest BCUT2D eigenvalue weighted by Crippen LogP contribution is 2.40. The van der Waals surface area contributed by atoms with Crippen molar-refractivity contribution in [2.45, 2.75) is 70.6 Å². The van der Waals surface area contributed by atoms with Gasteiger partial charge in [0.25, 0.3) is 0 Å². The van der Waals surface area contributed by atoms with E-state index in [1.165, 1.54) is 50.3 Å². The average molecular weight is 601 g/mol. The third-order valence-electron chi connectivity index (χ3n) is 9.86. The second-order valence-electron chi connectivity index (χ2n) is 12.8. The van der Waals surface area contributed by atoms with Gasteiger partial charge in [-0.05, 0) is 103 Å². The van der Waals surface area contributed by atoms with Gasteiger partial charge in [0.2, 0.25) is 0 Å². The number of nitrogens with zero attached hydrogens (tertiary/aromatic N) is 2. The number of rotatable bonds is 7. The van der Waals surface area contributed by atoms with Crippen molar-refractivity contribution >= 4 is 23.3 Å². The molecule has 0 saturated heterocycles. The first kappa shape index (κ1) is 30.1. The number of aliphatic imine (C=N–C) groups is 2. The average Bonchev–Trinajstić information content (AvgIpc) is 3.13. The van der Waals surface area contributed by atoms with E-state index in [1.807, 2.05) is 0 Å². The van der Waals surface area contributed by atoms with Crippen LogP contribution in [0.1, 0.15) is 87.3 Å². The predicted molar refractivity (Wildman–Crippen MR) is 197 cm³/mol. The van der Waals surface area contributed by atoms with Crippen LogP contribution in [0.5, 0.6) is 0 Å². The SMILES string of the molecule is CCC1=C(\C2=CC=CC(c3cccc(C4=C(C5C=CC=CC5)CCC=N4)c3)C2)CC/C=C(c2ccccc2)/N=C\1C1=CCCC=C1. The highest BCUT2D eigenvalue weighted by molar-refractivity contribution is 6.16. The second kappa shape index (κ2) is 14.3. The first-order chi connectivity index (χ1) is 22.8. The fraction of sp³-hybridized carbons (Fsp3) is 0.273. The molecular weight excluding hydrogens is 556 g/mol. The lowest BCUT2D eigenvalue weighted by molar-refractivity contribution is 0.720. The van der Waals surface area contributed by atoms with Crippen molar-refractivity contribution < 1.29 is 0 Å². The van der Waals surface area contributed by atoms with Crippen molar-refractivity contribution in [3.05, 3.63) is 166 Å². The minimum atomic E-state index is 0.328. The van der Waals surface area contributed by atoms with E-state index in [4.69, 9.17) is 9.98 Å². The van der Waals surface area contributed by atoms with E-state index in [0.29, 0.717) is 11.8 Å². The predicted octanol–water partition coefficient (Wildman–Crippen LogP) is 11.6. The van der Waals surface area contributed by atoms with Crippen LogP contribution in [0.15, 0.2) is 159 Å². The summed E-state index contributed by atoms with van der Waals surface area (Å²) in [5, 5.41) is 0. The Hall–Kier alpha value is -4.56. The molecule has 0 spiro atoms. The Morgan fingerprint density at radius 2 is 1.67 bits per heavy atom. The summed E-state index contributed by atoms with van der Waals surface area (Å²) < 4.78 is 0. The number of hydrogen-bond acceptors (Lipinski definition) is 2. The monoisotopic (exact) mass is 600 g/mol. The Balaban J connectivity index is 1.22. The quantitative estimate of drug-likeness (QED) is 0.302. The molecule has 2 atom stereocenters. The highest BCUT2D eigenvalue weighted by Gasteiger charge is 2.25. The largest absolute Gasteiger partial charge is 0.261 e. The summed E-state index contributed by atoms with van der Waals surface area (Å²) in [6.07, 6.45) is 36.8. The molecule has 0 N–H and O–H groups in total. The lowest BCUT2D eigenvalue weighted by Crippen LogP contribution is -2.14. The van der Waals surface area contributed by atoms with Gasteiger partial charge in [0.05, 0.1) is 17.1 Å². The molecule has 3 aliphatic carbocycles. The van der Waals surface area contributed by atoms with E-state index < -0.39 is 0 Å². The summed E-state index contributed by atoms with van der Waals surface area (Å²) in [4.78, 5) is 10.4. The van der Waals surface area contributed by atoms with Gasteiger partial charge in [-0.25, -0.2) is 4.99 Å². The Bertz CT molecular complexity index is 1810. The standard InChI is InChI=1S/C44H44N2/c1-2-39-40(26-14-28-42(33-18-8-4-9-19-33)46-44(39)34-20-10-5-11-21-34)37-24-12-22-35(30-37)36-23-13-25-38(31-36)43-41(27-15-29-45-43)32-16-6-3-7-17-32/h3-4,6-10,12-13,16,18-25,28-29,31-32,35H,2,5,11,14-15,17,26-27,30H2,1H3/b40-39+,42-28+,46-44-. The molecule has 0 amide bonds. The number of allylic oxidation sites excluding steroid dienone is 16. The molecule has 46 heavy (non-hydrogen) atoms. The summed E-state index contributed by atoms with van der Waals surface area (Å²) in [6, 6.07) is 19.9. The molecule has 2 aromatic rings.